The summed E-state index contributed by atoms with van der Waals surface area (Å²) in [6.07, 6.45) is 12.2. The molecule has 0 unspecified atom stereocenters. The highest BCUT2D eigenvalue weighted by Crippen LogP contribution is 2.24. The normalized spacial score (nSPS) is 10.6. The molecular formula is C36H60N6. The highest BCUT2D eigenvalue weighted by atomic mass is 15.0. The molecule has 0 saturated heterocycles. The predicted molar refractivity (Wildman–Crippen MR) is 179 cm³/mol. The molecule has 0 aliphatic rings. The zero-order chi connectivity index (χ0) is 31.7. The number of rotatable bonds is 12. The van der Waals surface area contributed by atoms with Gasteiger partial charge in [-0.25, -0.2) is 24.9 Å². The molecular weight excluding hydrogens is 516 g/mol. The summed E-state index contributed by atoms with van der Waals surface area (Å²) in [6.45, 7) is 26.0. The maximum absolute atomic E-state index is 4.86. The van der Waals surface area contributed by atoms with E-state index in [9.17, 15) is 0 Å². The smallest absolute Gasteiger partial charge is 0.132 e. The Morgan fingerprint density at radius 3 is 0.738 bits per heavy atom. The molecule has 234 valence electrons. The van der Waals surface area contributed by atoms with Crippen LogP contribution in [0.5, 0.6) is 0 Å². The monoisotopic (exact) mass is 576 g/mol. The second kappa shape index (κ2) is 20.2. The maximum atomic E-state index is 4.86. The van der Waals surface area contributed by atoms with Crippen LogP contribution in [0, 0.1) is 0 Å². The lowest BCUT2D eigenvalue weighted by Crippen LogP contribution is -2.10. The zero-order valence-electron chi connectivity index (χ0n) is 29.2. The van der Waals surface area contributed by atoms with Crippen LogP contribution in [0.4, 0.5) is 0 Å². The van der Waals surface area contributed by atoms with Crippen molar-refractivity contribution in [3.63, 3.8) is 0 Å². The van der Waals surface area contributed by atoms with E-state index in [1.54, 1.807) is 5.56 Å². The predicted octanol–water partition coefficient (Wildman–Crippen LogP) is 8.18. The average Bonchev–Trinajstić information content (AvgIpc) is 3.06. The third-order valence-corrected chi connectivity index (χ3v) is 7.71. The minimum Gasteiger partial charge on any atom is -0.257 e. The maximum Gasteiger partial charge on any atom is 0.132 e. The lowest BCUT2D eigenvalue weighted by Gasteiger charge is -2.18. The summed E-state index contributed by atoms with van der Waals surface area (Å²) in [6, 6.07) is 0. The molecule has 0 aliphatic carbocycles. The van der Waals surface area contributed by atoms with Gasteiger partial charge in [-0.3, -0.25) is 4.98 Å². The van der Waals surface area contributed by atoms with Gasteiger partial charge in [0, 0.05) is 48.5 Å². The van der Waals surface area contributed by atoms with Gasteiger partial charge in [0.15, 0.2) is 0 Å². The van der Waals surface area contributed by atoms with Gasteiger partial charge in [-0.15, -0.1) is 0 Å². The van der Waals surface area contributed by atoms with Gasteiger partial charge >= 0.3 is 0 Å². The number of aromatic nitrogens is 6. The molecule has 3 aromatic rings. The second-order valence-corrected chi connectivity index (χ2v) is 10.3. The molecule has 6 nitrogen and oxygen atoms in total. The number of nitrogens with zero attached hydrogens (tertiary/aromatic N) is 6. The fourth-order valence-electron chi connectivity index (χ4n) is 5.46. The molecule has 0 atom stereocenters. The van der Waals surface area contributed by atoms with Gasteiger partial charge in [-0.1, -0.05) is 83.1 Å². The Bertz CT molecular complexity index is 1110. The fraction of sp³-hybridized carbons (Fsp3) is 0.667. The Labute approximate surface area is 258 Å². The lowest BCUT2D eigenvalue weighted by molar-refractivity contribution is 0.772. The molecule has 3 rings (SSSR count). The summed E-state index contributed by atoms with van der Waals surface area (Å²) in [5.41, 5.74) is 11.1. The van der Waals surface area contributed by atoms with E-state index in [1.165, 1.54) is 39.5 Å². The molecule has 0 fully saturated rings. The highest BCUT2D eigenvalue weighted by molar-refractivity contribution is 5.41. The summed E-state index contributed by atoms with van der Waals surface area (Å²) in [7, 11) is 0. The van der Waals surface area contributed by atoms with E-state index in [2.05, 4.69) is 108 Å². The molecule has 0 N–H and O–H groups in total. The SMILES string of the molecule is CCc1nc(CC)c(CC)c(CC)c1CC.CCc1nc(CC)c(CC)c(CC)n1.CCc1nc(CC)nc(CC)n1. The Morgan fingerprint density at radius 1 is 0.238 bits per heavy atom. The molecule has 6 heteroatoms. The highest BCUT2D eigenvalue weighted by Gasteiger charge is 2.14. The molecule has 0 aliphatic heterocycles. The summed E-state index contributed by atoms with van der Waals surface area (Å²) in [4.78, 5) is 26.9. The Balaban J connectivity index is 0.000000318. The number of hydrogen-bond donors (Lipinski definition) is 0. The Hall–Kier alpha value is -2.76. The Morgan fingerprint density at radius 2 is 0.500 bits per heavy atom. The molecule has 0 radical (unpaired) electrons. The van der Waals surface area contributed by atoms with Crippen molar-refractivity contribution in [1.29, 1.82) is 0 Å². The fourth-order valence-corrected chi connectivity index (χ4v) is 5.46. The van der Waals surface area contributed by atoms with Crippen LogP contribution in [0.3, 0.4) is 0 Å². The number of hydrogen-bond acceptors (Lipinski definition) is 6. The lowest BCUT2D eigenvalue weighted by atomic mass is 9.92. The number of aryl methyl sites for hydroxylation is 8. The van der Waals surface area contributed by atoms with E-state index in [0.717, 1.165) is 100 Å². The molecule has 0 amide bonds. The summed E-state index contributed by atoms with van der Waals surface area (Å²) in [5, 5.41) is 0. The van der Waals surface area contributed by atoms with E-state index in [1.807, 2.05) is 0 Å². The van der Waals surface area contributed by atoms with Gasteiger partial charge in [0.05, 0.1) is 0 Å². The van der Waals surface area contributed by atoms with Gasteiger partial charge in [0.2, 0.25) is 0 Å². The summed E-state index contributed by atoms with van der Waals surface area (Å²) >= 11 is 0. The van der Waals surface area contributed by atoms with Crippen molar-refractivity contribution >= 4 is 0 Å². The van der Waals surface area contributed by atoms with Gasteiger partial charge in [0.1, 0.15) is 23.3 Å². The van der Waals surface area contributed by atoms with Crippen LogP contribution in [0.2, 0.25) is 0 Å². The molecule has 3 aromatic heterocycles. The van der Waals surface area contributed by atoms with Crippen molar-refractivity contribution in [3.8, 4) is 0 Å². The van der Waals surface area contributed by atoms with Gasteiger partial charge in [-0.05, 0) is 73.6 Å². The van der Waals surface area contributed by atoms with Crippen LogP contribution in [0.15, 0.2) is 0 Å². The summed E-state index contributed by atoms with van der Waals surface area (Å²) in [5.74, 6) is 3.74. The van der Waals surface area contributed by atoms with Crippen molar-refractivity contribution < 1.29 is 0 Å². The van der Waals surface area contributed by atoms with Crippen LogP contribution >= 0.6 is 0 Å². The van der Waals surface area contributed by atoms with E-state index < -0.39 is 0 Å². The zero-order valence-corrected chi connectivity index (χ0v) is 29.2. The van der Waals surface area contributed by atoms with Crippen LogP contribution < -0.4 is 0 Å². The standard InChI is InChI=1S/C15H25N.C12H20N2.C9H15N3/c1-6-11-12(7-2)14(9-4)16-15(10-5)13(11)8-3;1-5-9-10(6-2)13-12(8-4)14-11(9)7-3;1-4-7-10-8(5-2)12-9(6-3)11-7/h6-10H2,1-5H3;5-8H2,1-4H3;4-6H2,1-3H3. The van der Waals surface area contributed by atoms with Gasteiger partial charge < -0.3 is 0 Å². The van der Waals surface area contributed by atoms with Crippen molar-refractivity contribution in [1.82, 2.24) is 29.9 Å². The van der Waals surface area contributed by atoms with Crippen molar-refractivity contribution in [2.45, 2.75) is 160 Å². The van der Waals surface area contributed by atoms with Crippen molar-refractivity contribution in [2.24, 2.45) is 0 Å². The molecule has 0 spiro atoms. The van der Waals surface area contributed by atoms with Crippen LogP contribution in [0.1, 0.15) is 151 Å². The minimum absolute atomic E-state index is 0.891. The third-order valence-electron chi connectivity index (χ3n) is 7.71. The van der Waals surface area contributed by atoms with Crippen LogP contribution in [0.25, 0.3) is 0 Å². The molecule has 3 heterocycles. The van der Waals surface area contributed by atoms with E-state index in [4.69, 9.17) is 4.98 Å². The van der Waals surface area contributed by atoms with E-state index in [-0.39, 0.29) is 0 Å². The van der Waals surface area contributed by atoms with Crippen LogP contribution in [-0.2, 0) is 77.0 Å². The van der Waals surface area contributed by atoms with E-state index in [0.29, 0.717) is 0 Å². The van der Waals surface area contributed by atoms with E-state index >= 15 is 0 Å². The minimum atomic E-state index is 0.891. The third kappa shape index (κ3) is 10.2. The van der Waals surface area contributed by atoms with Gasteiger partial charge in [0.25, 0.3) is 0 Å². The second-order valence-electron chi connectivity index (χ2n) is 10.3. The van der Waals surface area contributed by atoms with Crippen molar-refractivity contribution in [2.75, 3.05) is 0 Å². The molecule has 42 heavy (non-hydrogen) atoms. The Kier molecular flexibility index (Phi) is 17.9. The van der Waals surface area contributed by atoms with Crippen LogP contribution in [-0.4, -0.2) is 29.9 Å². The topological polar surface area (TPSA) is 77.3 Å². The van der Waals surface area contributed by atoms with Gasteiger partial charge in [-0.2, -0.15) is 0 Å². The molecule has 0 aromatic carbocycles. The summed E-state index contributed by atoms with van der Waals surface area (Å²) < 4.78 is 0. The number of pyridine rings is 1. The molecule has 0 bridgehead atoms. The largest absolute Gasteiger partial charge is 0.257 e. The van der Waals surface area contributed by atoms with Crippen molar-refractivity contribution in [3.05, 3.63) is 68.3 Å². The first kappa shape index (κ1) is 37.3. The molecule has 0 saturated carbocycles. The first-order chi connectivity index (χ1) is 20.3. The first-order valence-corrected chi connectivity index (χ1v) is 16.9. The first-order valence-electron chi connectivity index (χ1n) is 16.9. The average molecular weight is 577 g/mol. The quantitative estimate of drug-likeness (QED) is 0.216.